The van der Waals surface area contributed by atoms with Gasteiger partial charge in [0.2, 0.25) is 15.9 Å². The molecule has 0 spiro atoms. The minimum absolute atomic E-state index is 0.0241. The predicted octanol–water partition coefficient (Wildman–Crippen LogP) is -0.403. The van der Waals surface area contributed by atoms with E-state index in [1.165, 1.54) is 19.2 Å². The molecule has 6 nitrogen and oxygen atoms in total. The van der Waals surface area contributed by atoms with E-state index in [0.717, 1.165) is 0 Å². The highest BCUT2D eigenvalue weighted by Crippen LogP contribution is 2.09. The van der Waals surface area contributed by atoms with Crippen LogP contribution in [-0.2, 0) is 26.1 Å². The van der Waals surface area contributed by atoms with Crippen LogP contribution < -0.4 is 10.5 Å². The number of methoxy groups -OCH3 is 1. The number of hydrogen-bond acceptors (Lipinski definition) is 4. The molecule has 0 bridgehead atoms. The van der Waals surface area contributed by atoms with Crippen LogP contribution in [0.25, 0.3) is 0 Å². The van der Waals surface area contributed by atoms with Crippen molar-refractivity contribution in [2.45, 2.75) is 11.4 Å². The van der Waals surface area contributed by atoms with E-state index in [4.69, 9.17) is 5.14 Å². The van der Waals surface area contributed by atoms with E-state index in [1.807, 2.05) is 0 Å². The molecule has 0 atom stereocenters. The van der Waals surface area contributed by atoms with Gasteiger partial charge in [-0.1, -0.05) is 12.1 Å². The number of ether oxygens (including phenoxy) is 1. The van der Waals surface area contributed by atoms with Crippen molar-refractivity contribution in [1.82, 2.24) is 5.32 Å². The number of nitrogens with one attached hydrogen (secondary N) is 1. The number of carbonyl (C=O) groups excluding carboxylic acids is 1. The quantitative estimate of drug-likeness (QED) is 0.750. The van der Waals surface area contributed by atoms with E-state index in [-0.39, 0.29) is 24.0 Å². The molecule has 1 amide bonds. The second kappa shape index (κ2) is 5.76. The summed E-state index contributed by atoms with van der Waals surface area (Å²) < 4.78 is 26.8. The SMILES string of the molecule is COCC(=O)NCc1cccc(S(N)(=O)=O)c1. The molecule has 0 saturated carbocycles. The molecule has 17 heavy (non-hydrogen) atoms. The minimum Gasteiger partial charge on any atom is -0.375 e. The lowest BCUT2D eigenvalue weighted by Gasteiger charge is -2.06. The summed E-state index contributed by atoms with van der Waals surface area (Å²) in [5.74, 6) is -0.270. The van der Waals surface area contributed by atoms with Gasteiger partial charge in [0.25, 0.3) is 0 Å². The molecular weight excluding hydrogens is 244 g/mol. The van der Waals surface area contributed by atoms with Gasteiger partial charge in [-0.05, 0) is 17.7 Å². The lowest BCUT2D eigenvalue weighted by atomic mass is 10.2. The number of nitrogens with two attached hydrogens (primary N) is 1. The second-order valence-corrected chi connectivity index (χ2v) is 4.96. The van der Waals surface area contributed by atoms with Crippen molar-refractivity contribution in [1.29, 1.82) is 0 Å². The summed E-state index contributed by atoms with van der Waals surface area (Å²) in [4.78, 5) is 11.1. The predicted molar refractivity (Wildman–Crippen MR) is 61.5 cm³/mol. The fourth-order valence-electron chi connectivity index (χ4n) is 1.22. The van der Waals surface area contributed by atoms with Crippen LogP contribution in [0.15, 0.2) is 29.2 Å². The van der Waals surface area contributed by atoms with Crippen LogP contribution in [0.5, 0.6) is 0 Å². The Hall–Kier alpha value is -1.44. The Morgan fingerprint density at radius 3 is 2.76 bits per heavy atom. The van der Waals surface area contributed by atoms with Crippen LogP contribution in [0.2, 0.25) is 0 Å². The third-order valence-corrected chi connectivity index (χ3v) is 2.90. The molecule has 7 heteroatoms. The third kappa shape index (κ3) is 4.51. The number of hydrogen-bond donors (Lipinski definition) is 2. The van der Waals surface area contributed by atoms with Gasteiger partial charge in [-0.3, -0.25) is 4.79 Å². The van der Waals surface area contributed by atoms with Gasteiger partial charge in [0, 0.05) is 13.7 Å². The molecular formula is C10H14N2O4S. The number of sulfonamides is 1. The normalized spacial score (nSPS) is 11.2. The van der Waals surface area contributed by atoms with Crippen molar-refractivity contribution in [3.63, 3.8) is 0 Å². The lowest BCUT2D eigenvalue weighted by molar-refractivity contribution is -0.124. The molecule has 94 valence electrons. The monoisotopic (exact) mass is 258 g/mol. The van der Waals surface area contributed by atoms with Crippen molar-refractivity contribution < 1.29 is 17.9 Å². The standard InChI is InChI=1S/C10H14N2O4S/c1-16-7-10(13)12-6-8-3-2-4-9(5-8)17(11,14)15/h2-5H,6-7H2,1H3,(H,12,13)(H2,11,14,15). The molecule has 0 heterocycles. The lowest BCUT2D eigenvalue weighted by Crippen LogP contribution is -2.26. The van der Waals surface area contributed by atoms with Crippen LogP contribution in [0.3, 0.4) is 0 Å². The Kier molecular flexibility index (Phi) is 4.62. The van der Waals surface area contributed by atoms with Crippen LogP contribution in [0.1, 0.15) is 5.56 Å². The molecule has 0 saturated heterocycles. The zero-order chi connectivity index (χ0) is 12.9. The summed E-state index contributed by atoms with van der Waals surface area (Å²) in [5.41, 5.74) is 0.654. The van der Waals surface area contributed by atoms with Gasteiger partial charge in [0.15, 0.2) is 0 Å². The third-order valence-electron chi connectivity index (χ3n) is 1.99. The molecule has 0 fully saturated rings. The molecule has 3 N–H and O–H groups in total. The average Bonchev–Trinajstić information content (AvgIpc) is 2.26. The van der Waals surface area contributed by atoms with Crippen molar-refractivity contribution in [3.05, 3.63) is 29.8 Å². The fourth-order valence-corrected chi connectivity index (χ4v) is 1.80. The Labute approximate surface area is 99.8 Å². The Morgan fingerprint density at radius 2 is 2.18 bits per heavy atom. The van der Waals surface area contributed by atoms with Crippen molar-refractivity contribution in [3.8, 4) is 0 Å². The first kappa shape index (κ1) is 13.6. The van der Waals surface area contributed by atoms with Crippen molar-refractivity contribution in [2.75, 3.05) is 13.7 Å². The van der Waals surface area contributed by atoms with Crippen molar-refractivity contribution in [2.24, 2.45) is 5.14 Å². The van der Waals surface area contributed by atoms with Gasteiger partial charge in [0.05, 0.1) is 4.90 Å². The zero-order valence-electron chi connectivity index (χ0n) is 9.34. The molecule has 0 unspecified atom stereocenters. The smallest absolute Gasteiger partial charge is 0.246 e. The maximum absolute atomic E-state index is 11.1. The largest absolute Gasteiger partial charge is 0.375 e. The van der Waals surface area contributed by atoms with E-state index in [2.05, 4.69) is 10.1 Å². The number of primary sulfonamides is 1. The summed E-state index contributed by atoms with van der Waals surface area (Å²) >= 11 is 0. The molecule has 1 aromatic rings. The summed E-state index contributed by atoms with van der Waals surface area (Å²) in [5, 5.41) is 7.57. The minimum atomic E-state index is -3.71. The summed E-state index contributed by atoms with van der Waals surface area (Å²) in [6.07, 6.45) is 0. The van der Waals surface area contributed by atoms with Crippen LogP contribution in [0.4, 0.5) is 0 Å². The molecule has 1 rings (SSSR count). The number of benzene rings is 1. The Bertz CT molecular complexity index is 499. The zero-order valence-corrected chi connectivity index (χ0v) is 10.2. The van der Waals surface area contributed by atoms with Crippen LogP contribution >= 0.6 is 0 Å². The molecule has 0 aromatic heterocycles. The fraction of sp³-hybridized carbons (Fsp3) is 0.300. The molecule has 0 aliphatic carbocycles. The number of amides is 1. The van der Waals surface area contributed by atoms with E-state index < -0.39 is 10.0 Å². The summed E-state index contributed by atoms with van der Waals surface area (Å²) in [6.45, 7) is 0.195. The molecule has 0 aliphatic heterocycles. The van der Waals surface area contributed by atoms with E-state index in [0.29, 0.717) is 5.56 Å². The maximum Gasteiger partial charge on any atom is 0.246 e. The highest BCUT2D eigenvalue weighted by atomic mass is 32.2. The van der Waals surface area contributed by atoms with E-state index in [1.54, 1.807) is 12.1 Å². The highest BCUT2D eigenvalue weighted by molar-refractivity contribution is 7.89. The Morgan fingerprint density at radius 1 is 1.47 bits per heavy atom. The number of rotatable bonds is 5. The topological polar surface area (TPSA) is 98.5 Å². The molecule has 1 aromatic carbocycles. The van der Waals surface area contributed by atoms with Crippen LogP contribution in [-0.4, -0.2) is 28.0 Å². The average molecular weight is 258 g/mol. The first-order valence-corrected chi connectivity index (χ1v) is 6.35. The van der Waals surface area contributed by atoms with Gasteiger partial charge in [-0.15, -0.1) is 0 Å². The van der Waals surface area contributed by atoms with E-state index >= 15 is 0 Å². The maximum atomic E-state index is 11.1. The van der Waals surface area contributed by atoms with Crippen LogP contribution in [0, 0.1) is 0 Å². The summed E-state index contributed by atoms with van der Waals surface area (Å²) in [7, 11) is -2.29. The van der Waals surface area contributed by atoms with Gasteiger partial charge in [0.1, 0.15) is 6.61 Å². The highest BCUT2D eigenvalue weighted by Gasteiger charge is 2.08. The van der Waals surface area contributed by atoms with Gasteiger partial charge >= 0.3 is 0 Å². The molecule has 0 aliphatic rings. The summed E-state index contributed by atoms with van der Waals surface area (Å²) in [6, 6.07) is 6.08. The first-order chi connectivity index (χ1) is 7.93. The second-order valence-electron chi connectivity index (χ2n) is 3.40. The van der Waals surface area contributed by atoms with Gasteiger partial charge < -0.3 is 10.1 Å². The van der Waals surface area contributed by atoms with E-state index in [9.17, 15) is 13.2 Å². The Balaban J connectivity index is 2.70. The first-order valence-electron chi connectivity index (χ1n) is 4.81. The number of carbonyl (C=O) groups is 1. The molecule has 0 radical (unpaired) electrons. The van der Waals surface area contributed by atoms with Gasteiger partial charge in [-0.2, -0.15) is 0 Å². The van der Waals surface area contributed by atoms with Gasteiger partial charge in [-0.25, -0.2) is 13.6 Å². The van der Waals surface area contributed by atoms with Crippen molar-refractivity contribution >= 4 is 15.9 Å².